The first-order valence-corrected chi connectivity index (χ1v) is 6.47. The highest BCUT2D eigenvalue weighted by atomic mass is 19.4. The van der Waals surface area contributed by atoms with Crippen LogP contribution in [0.2, 0.25) is 0 Å². The van der Waals surface area contributed by atoms with E-state index in [0.29, 0.717) is 5.75 Å². The monoisotopic (exact) mass is 291 g/mol. The zero-order chi connectivity index (χ0) is 15.2. The van der Waals surface area contributed by atoms with Crippen LogP contribution in [0.25, 0.3) is 0 Å². The fourth-order valence-electron chi connectivity index (χ4n) is 1.74. The molecule has 114 valence electrons. The molecule has 6 heteroatoms. The number of nitrogens with zero attached hydrogens (tertiary/aromatic N) is 1. The maximum Gasteiger partial charge on any atom is 0.401 e. The fourth-order valence-corrected chi connectivity index (χ4v) is 1.74. The van der Waals surface area contributed by atoms with Crippen molar-refractivity contribution in [1.29, 1.82) is 0 Å². The predicted molar refractivity (Wildman–Crippen MR) is 70.8 cm³/mol. The van der Waals surface area contributed by atoms with Crippen molar-refractivity contribution in [3.05, 3.63) is 29.8 Å². The summed E-state index contributed by atoms with van der Waals surface area (Å²) in [5, 5.41) is 9.73. The van der Waals surface area contributed by atoms with Crippen LogP contribution in [-0.2, 0) is 0 Å². The second kappa shape index (κ2) is 7.50. The van der Waals surface area contributed by atoms with Gasteiger partial charge >= 0.3 is 6.18 Å². The molecule has 1 aromatic carbocycles. The molecule has 0 amide bonds. The van der Waals surface area contributed by atoms with Gasteiger partial charge in [-0.05, 0) is 25.6 Å². The fraction of sp³-hybridized carbons (Fsp3) is 0.571. The lowest BCUT2D eigenvalue weighted by molar-refractivity contribution is -0.148. The molecule has 0 bridgehead atoms. The Labute approximate surface area is 117 Å². The maximum atomic E-state index is 12.3. The van der Waals surface area contributed by atoms with Crippen molar-refractivity contribution < 1.29 is 23.0 Å². The van der Waals surface area contributed by atoms with Gasteiger partial charge < -0.3 is 9.84 Å². The van der Waals surface area contributed by atoms with Crippen molar-refractivity contribution in [3.63, 3.8) is 0 Å². The number of halogens is 3. The summed E-state index contributed by atoms with van der Waals surface area (Å²) in [6.45, 7) is 2.67. The molecule has 3 nitrogen and oxygen atoms in total. The molecular formula is C14H20F3NO2. The van der Waals surface area contributed by atoms with Crippen molar-refractivity contribution >= 4 is 0 Å². The predicted octanol–water partition coefficient (Wildman–Crippen LogP) is 2.62. The van der Waals surface area contributed by atoms with E-state index in [0.717, 1.165) is 10.5 Å². The summed E-state index contributed by atoms with van der Waals surface area (Å²) < 4.78 is 42.2. The third-order valence-corrected chi connectivity index (χ3v) is 2.78. The van der Waals surface area contributed by atoms with E-state index in [9.17, 15) is 18.3 Å². The number of rotatable bonds is 7. The number of aryl methyl sites for hydroxylation is 1. The van der Waals surface area contributed by atoms with Crippen molar-refractivity contribution in [2.45, 2.75) is 26.1 Å². The SMILES string of the molecule is CCN(CC(O)COc1ccc(C)cc1)CC(F)(F)F. The molecule has 1 unspecified atom stereocenters. The first-order valence-electron chi connectivity index (χ1n) is 6.47. The summed E-state index contributed by atoms with van der Waals surface area (Å²) in [4.78, 5) is 1.14. The Balaban J connectivity index is 2.38. The Kier molecular flexibility index (Phi) is 6.29. The molecule has 0 saturated heterocycles. The lowest BCUT2D eigenvalue weighted by atomic mass is 10.2. The van der Waals surface area contributed by atoms with Gasteiger partial charge in [0.05, 0.1) is 6.54 Å². The number of hydrogen-bond donors (Lipinski definition) is 1. The van der Waals surface area contributed by atoms with Gasteiger partial charge in [-0.1, -0.05) is 24.6 Å². The first kappa shape index (κ1) is 16.8. The minimum absolute atomic E-state index is 0.0303. The van der Waals surface area contributed by atoms with Crippen LogP contribution in [0.3, 0.4) is 0 Å². The molecule has 1 N–H and O–H groups in total. The zero-order valence-corrected chi connectivity index (χ0v) is 11.7. The van der Waals surface area contributed by atoms with Gasteiger partial charge in [0, 0.05) is 6.54 Å². The van der Waals surface area contributed by atoms with E-state index >= 15 is 0 Å². The topological polar surface area (TPSA) is 32.7 Å². The standard InChI is InChI=1S/C14H20F3NO2/c1-3-18(10-14(15,16)17)8-12(19)9-20-13-6-4-11(2)5-7-13/h4-7,12,19H,3,8-10H2,1-2H3. The highest BCUT2D eigenvalue weighted by Gasteiger charge is 2.30. The van der Waals surface area contributed by atoms with Gasteiger partial charge in [0.15, 0.2) is 0 Å². The summed E-state index contributed by atoms with van der Waals surface area (Å²) in [5.41, 5.74) is 1.08. The quantitative estimate of drug-likeness (QED) is 0.838. The molecule has 0 aliphatic carbocycles. The van der Waals surface area contributed by atoms with E-state index in [1.165, 1.54) is 0 Å². The summed E-state index contributed by atoms with van der Waals surface area (Å²) in [6.07, 6.45) is -5.22. The molecule has 0 saturated carbocycles. The average molecular weight is 291 g/mol. The molecule has 0 radical (unpaired) electrons. The number of alkyl halides is 3. The van der Waals surface area contributed by atoms with E-state index in [-0.39, 0.29) is 19.7 Å². The maximum absolute atomic E-state index is 12.3. The molecule has 0 aliphatic rings. The zero-order valence-electron chi connectivity index (χ0n) is 11.7. The number of benzene rings is 1. The smallest absolute Gasteiger partial charge is 0.401 e. The molecule has 1 atom stereocenters. The third-order valence-electron chi connectivity index (χ3n) is 2.78. The van der Waals surface area contributed by atoms with E-state index in [2.05, 4.69) is 0 Å². The summed E-state index contributed by atoms with van der Waals surface area (Å²) in [6, 6.07) is 7.25. The molecule has 0 fully saturated rings. The van der Waals surface area contributed by atoms with Crippen molar-refractivity contribution in [1.82, 2.24) is 4.90 Å². The van der Waals surface area contributed by atoms with Gasteiger partial charge in [-0.3, -0.25) is 4.90 Å². The summed E-state index contributed by atoms with van der Waals surface area (Å²) >= 11 is 0. The van der Waals surface area contributed by atoms with Crippen LogP contribution in [0.1, 0.15) is 12.5 Å². The first-order chi connectivity index (χ1) is 9.30. The normalized spacial score (nSPS) is 13.6. The largest absolute Gasteiger partial charge is 0.491 e. The highest BCUT2D eigenvalue weighted by molar-refractivity contribution is 5.26. The van der Waals surface area contributed by atoms with Crippen LogP contribution in [0, 0.1) is 6.92 Å². The molecule has 1 aromatic rings. The van der Waals surface area contributed by atoms with Gasteiger partial charge in [-0.25, -0.2) is 0 Å². The van der Waals surface area contributed by atoms with Crippen LogP contribution < -0.4 is 4.74 Å². The van der Waals surface area contributed by atoms with E-state index < -0.39 is 18.8 Å². The molecule has 0 spiro atoms. The van der Waals surface area contributed by atoms with Crippen molar-refractivity contribution in [2.24, 2.45) is 0 Å². The van der Waals surface area contributed by atoms with Crippen LogP contribution in [0.5, 0.6) is 5.75 Å². The Morgan fingerprint density at radius 2 is 1.85 bits per heavy atom. The van der Waals surface area contributed by atoms with Crippen LogP contribution in [0.4, 0.5) is 13.2 Å². The number of ether oxygens (including phenoxy) is 1. The second-order valence-corrected chi connectivity index (χ2v) is 4.72. The van der Waals surface area contributed by atoms with Gasteiger partial charge in [-0.2, -0.15) is 13.2 Å². The Morgan fingerprint density at radius 1 is 1.25 bits per heavy atom. The molecule has 20 heavy (non-hydrogen) atoms. The van der Waals surface area contributed by atoms with Crippen LogP contribution in [0.15, 0.2) is 24.3 Å². The number of aliphatic hydroxyl groups excluding tert-OH is 1. The van der Waals surface area contributed by atoms with E-state index in [4.69, 9.17) is 4.74 Å². The Morgan fingerprint density at radius 3 is 2.35 bits per heavy atom. The van der Waals surface area contributed by atoms with E-state index in [1.54, 1.807) is 19.1 Å². The van der Waals surface area contributed by atoms with Gasteiger partial charge in [-0.15, -0.1) is 0 Å². The highest BCUT2D eigenvalue weighted by Crippen LogP contribution is 2.17. The van der Waals surface area contributed by atoms with E-state index in [1.807, 2.05) is 19.1 Å². The molecular weight excluding hydrogens is 271 g/mol. The summed E-state index contributed by atoms with van der Waals surface area (Å²) in [5.74, 6) is 0.591. The summed E-state index contributed by atoms with van der Waals surface area (Å²) in [7, 11) is 0. The van der Waals surface area contributed by atoms with Gasteiger partial charge in [0.25, 0.3) is 0 Å². The minimum Gasteiger partial charge on any atom is -0.491 e. The van der Waals surface area contributed by atoms with Gasteiger partial charge in [0.2, 0.25) is 0 Å². The van der Waals surface area contributed by atoms with Crippen LogP contribution in [-0.4, -0.2) is 48.5 Å². The lowest BCUT2D eigenvalue weighted by Crippen LogP contribution is -2.40. The second-order valence-electron chi connectivity index (χ2n) is 4.72. The molecule has 0 aromatic heterocycles. The molecule has 0 aliphatic heterocycles. The number of aliphatic hydroxyl groups is 1. The van der Waals surface area contributed by atoms with Gasteiger partial charge in [0.1, 0.15) is 18.5 Å². The Hall–Kier alpha value is -1.27. The average Bonchev–Trinajstić information content (AvgIpc) is 2.35. The molecule has 0 heterocycles. The number of hydrogen-bond acceptors (Lipinski definition) is 3. The van der Waals surface area contributed by atoms with Crippen molar-refractivity contribution in [3.8, 4) is 5.75 Å². The molecule has 1 rings (SSSR count). The van der Waals surface area contributed by atoms with Crippen molar-refractivity contribution in [2.75, 3.05) is 26.2 Å². The Bertz CT molecular complexity index is 392. The number of likely N-dealkylation sites (N-methyl/N-ethyl adjacent to an activating group) is 1. The minimum atomic E-state index is -4.26. The van der Waals surface area contributed by atoms with Crippen LogP contribution >= 0.6 is 0 Å². The lowest BCUT2D eigenvalue weighted by Gasteiger charge is -2.24. The third kappa shape index (κ3) is 6.77.